The van der Waals surface area contributed by atoms with Crippen LogP contribution in [0.4, 0.5) is 17.1 Å². The molecule has 2 saturated heterocycles. The quantitative estimate of drug-likeness (QED) is 0.492. The van der Waals surface area contributed by atoms with Gasteiger partial charge in [-0.1, -0.05) is 0 Å². The van der Waals surface area contributed by atoms with Crippen molar-refractivity contribution in [3.8, 4) is 0 Å². The minimum atomic E-state index is -0.324. The zero-order valence-electron chi connectivity index (χ0n) is 11.0. The maximum atomic E-state index is 11.1. The van der Waals surface area contributed by atoms with Crippen molar-refractivity contribution >= 4 is 17.1 Å². The molecule has 0 spiro atoms. The van der Waals surface area contributed by atoms with Gasteiger partial charge in [0.15, 0.2) is 0 Å². The molecule has 6 heteroatoms. The van der Waals surface area contributed by atoms with E-state index in [1.54, 1.807) is 12.1 Å². The van der Waals surface area contributed by atoms with Gasteiger partial charge < -0.3 is 15.5 Å². The molecule has 19 heavy (non-hydrogen) atoms. The molecule has 2 heterocycles. The number of hydrogen-bond acceptors (Lipinski definition) is 5. The first-order valence-corrected chi connectivity index (χ1v) is 6.52. The van der Waals surface area contributed by atoms with Gasteiger partial charge in [-0.15, -0.1) is 0 Å². The molecule has 102 valence electrons. The zero-order valence-corrected chi connectivity index (χ0v) is 11.0. The number of nitro groups is 1. The predicted molar refractivity (Wildman–Crippen MR) is 74.2 cm³/mol. The van der Waals surface area contributed by atoms with Gasteiger partial charge in [-0.25, -0.2) is 0 Å². The standard InChI is InChI=1S/C13H18N4O2/c1-15-5-9-7-16(8-10(9)6-15)13-4-11(14)2-3-12(13)17(18)19/h2-4,9-10H,5-8,14H2,1H3/t9-,10+. The lowest BCUT2D eigenvalue weighted by Gasteiger charge is -2.21. The number of rotatable bonds is 2. The maximum absolute atomic E-state index is 11.1. The largest absolute Gasteiger partial charge is 0.399 e. The monoisotopic (exact) mass is 262 g/mol. The van der Waals surface area contributed by atoms with Crippen LogP contribution >= 0.6 is 0 Å². The number of nitrogens with zero attached hydrogens (tertiary/aromatic N) is 3. The molecule has 2 N–H and O–H groups in total. The molecule has 0 amide bonds. The average Bonchev–Trinajstić information content (AvgIpc) is 2.85. The molecule has 1 aromatic rings. The van der Waals surface area contributed by atoms with Crippen LogP contribution in [0.5, 0.6) is 0 Å². The summed E-state index contributed by atoms with van der Waals surface area (Å²) < 4.78 is 0. The SMILES string of the molecule is CN1C[C@@H]2CN(c3cc(N)ccc3[N+](=O)[O-])C[C@@H]2C1. The smallest absolute Gasteiger partial charge is 0.292 e. The predicted octanol–water partition coefficient (Wildman–Crippen LogP) is 1.17. The summed E-state index contributed by atoms with van der Waals surface area (Å²) in [5, 5.41) is 11.1. The van der Waals surface area contributed by atoms with Crippen LogP contribution in [-0.4, -0.2) is 43.0 Å². The number of nitrogen functional groups attached to an aromatic ring is 1. The van der Waals surface area contributed by atoms with Crippen molar-refractivity contribution in [1.29, 1.82) is 0 Å². The van der Waals surface area contributed by atoms with Gasteiger partial charge in [0.2, 0.25) is 0 Å². The summed E-state index contributed by atoms with van der Waals surface area (Å²) >= 11 is 0. The summed E-state index contributed by atoms with van der Waals surface area (Å²) in [6.45, 7) is 3.94. The average molecular weight is 262 g/mol. The first-order valence-electron chi connectivity index (χ1n) is 6.52. The molecule has 2 fully saturated rings. The Balaban J connectivity index is 1.88. The van der Waals surface area contributed by atoms with Gasteiger partial charge in [0.1, 0.15) is 5.69 Å². The zero-order chi connectivity index (χ0) is 13.6. The van der Waals surface area contributed by atoms with Crippen LogP contribution in [0.1, 0.15) is 0 Å². The fourth-order valence-corrected chi connectivity index (χ4v) is 3.37. The van der Waals surface area contributed by atoms with E-state index in [9.17, 15) is 10.1 Å². The van der Waals surface area contributed by atoms with Gasteiger partial charge in [0, 0.05) is 37.9 Å². The second-order valence-electron chi connectivity index (χ2n) is 5.65. The number of benzene rings is 1. The lowest BCUT2D eigenvalue weighted by Crippen LogP contribution is -2.27. The minimum Gasteiger partial charge on any atom is -0.399 e. The van der Waals surface area contributed by atoms with Gasteiger partial charge in [-0.2, -0.15) is 0 Å². The van der Waals surface area contributed by atoms with Crippen LogP contribution < -0.4 is 10.6 Å². The van der Waals surface area contributed by atoms with Crippen molar-refractivity contribution in [3.05, 3.63) is 28.3 Å². The highest BCUT2D eigenvalue weighted by Crippen LogP contribution is 2.38. The van der Waals surface area contributed by atoms with Crippen LogP contribution in [0, 0.1) is 22.0 Å². The highest BCUT2D eigenvalue weighted by molar-refractivity contribution is 5.69. The van der Waals surface area contributed by atoms with E-state index in [1.165, 1.54) is 6.07 Å². The number of nitro benzene ring substituents is 1. The third-order valence-electron chi connectivity index (χ3n) is 4.21. The van der Waals surface area contributed by atoms with E-state index in [4.69, 9.17) is 5.73 Å². The first-order chi connectivity index (χ1) is 9.04. The molecule has 0 saturated carbocycles. The summed E-state index contributed by atoms with van der Waals surface area (Å²) in [7, 11) is 2.13. The Hall–Kier alpha value is -1.82. The molecule has 0 aliphatic carbocycles. The molecule has 2 atom stereocenters. The Bertz CT molecular complexity index is 505. The number of nitrogens with two attached hydrogens (primary N) is 1. The molecule has 3 rings (SSSR count). The van der Waals surface area contributed by atoms with Crippen molar-refractivity contribution in [2.45, 2.75) is 0 Å². The fraction of sp³-hybridized carbons (Fsp3) is 0.538. The van der Waals surface area contributed by atoms with Crippen molar-refractivity contribution < 1.29 is 4.92 Å². The van der Waals surface area contributed by atoms with E-state index in [0.29, 0.717) is 23.2 Å². The van der Waals surface area contributed by atoms with Crippen molar-refractivity contribution in [2.24, 2.45) is 11.8 Å². The van der Waals surface area contributed by atoms with Crippen molar-refractivity contribution in [1.82, 2.24) is 4.90 Å². The fourth-order valence-electron chi connectivity index (χ4n) is 3.37. The van der Waals surface area contributed by atoms with Gasteiger partial charge in [0.25, 0.3) is 5.69 Å². The van der Waals surface area contributed by atoms with E-state index in [2.05, 4.69) is 16.8 Å². The summed E-state index contributed by atoms with van der Waals surface area (Å²) in [5.41, 5.74) is 7.18. The Morgan fingerprint density at radius 3 is 2.47 bits per heavy atom. The molecule has 0 bridgehead atoms. The molecule has 2 aliphatic heterocycles. The number of likely N-dealkylation sites (tertiary alicyclic amines) is 1. The van der Waals surface area contributed by atoms with Crippen LogP contribution in [0.15, 0.2) is 18.2 Å². The highest BCUT2D eigenvalue weighted by atomic mass is 16.6. The molecular weight excluding hydrogens is 244 g/mol. The molecule has 6 nitrogen and oxygen atoms in total. The summed E-state index contributed by atoms with van der Waals surface area (Å²) in [5.74, 6) is 1.23. The summed E-state index contributed by atoms with van der Waals surface area (Å²) in [6, 6.07) is 4.82. The van der Waals surface area contributed by atoms with Gasteiger partial charge in [-0.05, 0) is 31.0 Å². The molecule has 0 radical (unpaired) electrons. The normalized spacial score (nSPS) is 26.7. The topological polar surface area (TPSA) is 75.6 Å². The van der Waals surface area contributed by atoms with E-state index in [1.807, 2.05) is 0 Å². The van der Waals surface area contributed by atoms with Crippen LogP contribution in [-0.2, 0) is 0 Å². The summed E-state index contributed by atoms with van der Waals surface area (Å²) in [6.07, 6.45) is 0. The molecule has 0 aromatic heterocycles. The number of hydrogen-bond donors (Lipinski definition) is 1. The second-order valence-corrected chi connectivity index (χ2v) is 5.65. The molecule has 1 aromatic carbocycles. The van der Waals surface area contributed by atoms with Gasteiger partial charge >= 0.3 is 0 Å². The van der Waals surface area contributed by atoms with E-state index in [-0.39, 0.29) is 10.6 Å². The Morgan fingerprint density at radius 1 is 1.26 bits per heavy atom. The highest BCUT2D eigenvalue weighted by Gasteiger charge is 2.40. The third-order valence-corrected chi connectivity index (χ3v) is 4.21. The second kappa shape index (κ2) is 4.38. The van der Waals surface area contributed by atoms with Crippen LogP contribution in [0.2, 0.25) is 0 Å². The minimum absolute atomic E-state index is 0.155. The number of anilines is 2. The van der Waals surface area contributed by atoms with E-state index in [0.717, 1.165) is 26.2 Å². The van der Waals surface area contributed by atoms with Gasteiger partial charge in [-0.3, -0.25) is 10.1 Å². The van der Waals surface area contributed by atoms with E-state index >= 15 is 0 Å². The van der Waals surface area contributed by atoms with Crippen molar-refractivity contribution in [2.75, 3.05) is 43.9 Å². The van der Waals surface area contributed by atoms with E-state index < -0.39 is 0 Å². The lowest BCUT2D eigenvalue weighted by molar-refractivity contribution is -0.384. The first kappa shape index (κ1) is 12.2. The molecular formula is C13H18N4O2. The Kier molecular flexibility index (Phi) is 2.82. The Morgan fingerprint density at radius 2 is 1.89 bits per heavy atom. The van der Waals surface area contributed by atoms with Crippen molar-refractivity contribution in [3.63, 3.8) is 0 Å². The maximum Gasteiger partial charge on any atom is 0.292 e. The third kappa shape index (κ3) is 2.12. The number of fused-ring (bicyclic) bond motifs is 1. The molecule has 0 unspecified atom stereocenters. The van der Waals surface area contributed by atoms with Crippen LogP contribution in [0.25, 0.3) is 0 Å². The lowest BCUT2D eigenvalue weighted by atomic mass is 10.0. The van der Waals surface area contributed by atoms with Crippen LogP contribution in [0.3, 0.4) is 0 Å². The summed E-state index contributed by atoms with van der Waals surface area (Å²) in [4.78, 5) is 15.2. The molecule has 2 aliphatic rings. The Labute approximate surface area is 111 Å². The van der Waals surface area contributed by atoms with Gasteiger partial charge in [0.05, 0.1) is 4.92 Å².